The number of benzene rings is 1. The average Bonchev–Trinajstić information content (AvgIpc) is 2.41. The highest BCUT2D eigenvalue weighted by Crippen LogP contribution is 2.24. The maximum atomic E-state index is 12.0. The Morgan fingerprint density at radius 1 is 1.44 bits per heavy atom. The first-order valence-electron chi connectivity index (χ1n) is 6.37. The maximum Gasteiger partial charge on any atom is 0.253 e. The number of hydrogen-bond acceptors (Lipinski definition) is 3. The number of aryl methyl sites for hydroxylation is 1. The number of nitrogens with zero attached hydrogens (tertiary/aromatic N) is 1. The van der Waals surface area contributed by atoms with Crippen molar-refractivity contribution >= 4 is 11.6 Å². The molecule has 2 rings (SSSR count). The fourth-order valence-electron chi connectivity index (χ4n) is 2.25. The van der Waals surface area contributed by atoms with Crippen LogP contribution in [-0.4, -0.2) is 36.9 Å². The van der Waals surface area contributed by atoms with Crippen LogP contribution in [0.25, 0.3) is 0 Å². The number of amides is 1. The largest absolute Gasteiger partial charge is 0.396 e. The van der Waals surface area contributed by atoms with Gasteiger partial charge in [-0.1, -0.05) is 25.1 Å². The van der Waals surface area contributed by atoms with Crippen molar-refractivity contribution in [3.05, 3.63) is 29.8 Å². The molecule has 0 saturated carbocycles. The summed E-state index contributed by atoms with van der Waals surface area (Å²) in [6, 6.07) is 7.94. The molecule has 18 heavy (non-hydrogen) atoms. The Hall–Kier alpha value is -1.39. The van der Waals surface area contributed by atoms with Crippen LogP contribution in [-0.2, 0) is 16.0 Å². The van der Waals surface area contributed by atoms with E-state index in [1.54, 1.807) is 4.90 Å². The van der Waals surface area contributed by atoms with Crippen LogP contribution in [0.4, 0.5) is 5.69 Å². The van der Waals surface area contributed by atoms with Crippen LogP contribution in [0.1, 0.15) is 18.9 Å². The van der Waals surface area contributed by atoms with Gasteiger partial charge in [-0.25, -0.2) is 0 Å². The molecule has 1 aliphatic heterocycles. The Labute approximate surface area is 107 Å². The minimum atomic E-state index is -0.0717. The van der Waals surface area contributed by atoms with Crippen LogP contribution >= 0.6 is 0 Å². The van der Waals surface area contributed by atoms with E-state index in [1.807, 2.05) is 24.3 Å². The maximum absolute atomic E-state index is 12.0. The molecule has 0 spiro atoms. The number of para-hydroxylation sites is 1. The predicted molar refractivity (Wildman–Crippen MR) is 69.6 cm³/mol. The quantitative estimate of drug-likeness (QED) is 0.876. The highest BCUT2D eigenvalue weighted by molar-refractivity contribution is 5.95. The second kappa shape index (κ2) is 5.98. The van der Waals surface area contributed by atoms with Gasteiger partial charge in [-0.15, -0.1) is 0 Å². The minimum Gasteiger partial charge on any atom is -0.396 e. The number of anilines is 1. The first kappa shape index (κ1) is 13.1. The first-order valence-corrected chi connectivity index (χ1v) is 6.37. The smallest absolute Gasteiger partial charge is 0.253 e. The molecule has 4 heteroatoms. The fraction of sp³-hybridized carbons (Fsp3) is 0.500. The lowest BCUT2D eigenvalue weighted by atomic mass is 10.1. The van der Waals surface area contributed by atoms with Crippen molar-refractivity contribution in [3.8, 4) is 0 Å². The Bertz CT molecular complexity index is 419. The molecule has 1 atom stereocenters. The van der Waals surface area contributed by atoms with E-state index >= 15 is 0 Å². The molecule has 1 unspecified atom stereocenters. The van der Waals surface area contributed by atoms with Gasteiger partial charge in [0.2, 0.25) is 0 Å². The van der Waals surface area contributed by atoms with Crippen LogP contribution in [0.2, 0.25) is 0 Å². The molecule has 4 nitrogen and oxygen atoms in total. The number of aliphatic hydroxyl groups excluding tert-OH is 1. The summed E-state index contributed by atoms with van der Waals surface area (Å²) in [5.41, 5.74) is 2.13. The lowest BCUT2D eigenvalue weighted by molar-refractivity contribution is -0.129. The zero-order chi connectivity index (χ0) is 13.0. The summed E-state index contributed by atoms with van der Waals surface area (Å²) >= 11 is 0. The van der Waals surface area contributed by atoms with E-state index in [0.29, 0.717) is 13.0 Å². The van der Waals surface area contributed by atoms with Crippen molar-refractivity contribution in [2.45, 2.75) is 25.9 Å². The van der Waals surface area contributed by atoms with E-state index in [4.69, 9.17) is 9.84 Å². The monoisotopic (exact) mass is 249 g/mol. The lowest BCUT2D eigenvalue weighted by Gasteiger charge is -2.33. The average molecular weight is 249 g/mol. The van der Waals surface area contributed by atoms with Crippen molar-refractivity contribution in [1.82, 2.24) is 0 Å². The molecule has 1 saturated heterocycles. The summed E-state index contributed by atoms with van der Waals surface area (Å²) in [6.07, 6.45) is 1.39. The minimum absolute atomic E-state index is 0.00918. The van der Waals surface area contributed by atoms with Gasteiger partial charge in [0.1, 0.15) is 6.61 Å². The van der Waals surface area contributed by atoms with E-state index < -0.39 is 0 Å². The third-order valence-corrected chi connectivity index (χ3v) is 3.24. The molecule has 1 amide bonds. The van der Waals surface area contributed by atoms with Crippen molar-refractivity contribution in [3.63, 3.8) is 0 Å². The summed E-state index contributed by atoms with van der Waals surface area (Å²) in [5.74, 6) is -0.00918. The highest BCUT2D eigenvalue weighted by Gasteiger charge is 2.27. The summed E-state index contributed by atoms with van der Waals surface area (Å²) in [5, 5.41) is 8.96. The van der Waals surface area contributed by atoms with Crippen molar-refractivity contribution in [2.24, 2.45) is 0 Å². The number of ether oxygens (including phenoxy) is 1. The molecule has 1 aliphatic rings. The second-order valence-corrected chi connectivity index (χ2v) is 4.43. The van der Waals surface area contributed by atoms with E-state index in [0.717, 1.165) is 17.7 Å². The molecule has 0 aromatic heterocycles. The Balaban J connectivity index is 2.21. The van der Waals surface area contributed by atoms with Crippen LogP contribution in [0.5, 0.6) is 0 Å². The molecular weight excluding hydrogens is 230 g/mol. The molecule has 0 bridgehead atoms. The van der Waals surface area contributed by atoms with Crippen molar-refractivity contribution in [1.29, 1.82) is 0 Å². The van der Waals surface area contributed by atoms with Gasteiger partial charge in [0.05, 0.1) is 12.6 Å². The third kappa shape index (κ3) is 2.71. The van der Waals surface area contributed by atoms with E-state index in [1.165, 1.54) is 0 Å². The zero-order valence-corrected chi connectivity index (χ0v) is 10.6. The summed E-state index contributed by atoms with van der Waals surface area (Å²) in [7, 11) is 0. The van der Waals surface area contributed by atoms with E-state index in [2.05, 4.69) is 6.92 Å². The van der Waals surface area contributed by atoms with Crippen LogP contribution in [0.3, 0.4) is 0 Å². The Morgan fingerprint density at radius 2 is 2.22 bits per heavy atom. The summed E-state index contributed by atoms with van der Waals surface area (Å²) in [6.45, 7) is 2.79. The second-order valence-electron chi connectivity index (χ2n) is 4.43. The van der Waals surface area contributed by atoms with Crippen LogP contribution in [0, 0.1) is 0 Å². The van der Waals surface area contributed by atoms with Gasteiger partial charge < -0.3 is 14.7 Å². The van der Waals surface area contributed by atoms with E-state index in [9.17, 15) is 4.79 Å². The van der Waals surface area contributed by atoms with Crippen molar-refractivity contribution < 1.29 is 14.6 Å². The molecule has 1 fully saturated rings. The third-order valence-electron chi connectivity index (χ3n) is 3.24. The summed E-state index contributed by atoms with van der Waals surface area (Å²) < 4.78 is 5.40. The molecule has 0 aliphatic carbocycles. The fourth-order valence-corrected chi connectivity index (χ4v) is 2.25. The normalized spacial score (nSPS) is 20.2. The molecular formula is C14H19NO3. The number of carbonyl (C=O) groups is 1. The Kier molecular flexibility index (Phi) is 4.33. The lowest BCUT2D eigenvalue weighted by Crippen LogP contribution is -2.47. The van der Waals surface area contributed by atoms with E-state index in [-0.39, 0.29) is 25.2 Å². The van der Waals surface area contributed by atoms with Gasteiger partial charge in [-0.3, -0.25) is 4.79 Å². The topological polar surface area (TPSA) is 49.8 Å². The first-order chi connectivity index (χ1) is 8.76. The van der Waals surface area contributed by atoms with Gasteiger partial charge >= 0.3 is 0 Å². The van der Waals surface area contributed by atoms with Crippen LogP contribution < -0.4 is 4.90 Å². The zero-order valence-electron chi connectivity index (χ0n) is 10.6. The number of rotatable bonds is 4. The Morgan fingerprint density at radius 3 is 2.94 bits per heavy atom. The SMILES string of the molecule is CCc1ccccc1N1CC(CCO)OCC1=O. The number of hydrogen-bond donors (Lipinski definition) is 1. The molecule has 1 heterocycles. The van der Waals surface area contributed by atoms with Gasteiger partial charge in [0.25, 0.3) is 5.91 Å². The predicted octanol–water partition coefficient (Wildman–Crippen LogP) is 1.36. The van der Waals surface area contributed by atoms with Gasteiger partial charge in [0, 0.05) is 12.3 Å². The summed E-state index contributed by atoms with van der Waals surface area (Å²) in [4.78, 5) is 13.7. The number of aliphatic hydroxyl groups is 1. The van der Waals surface area contributed by atoms with Gasteiger partial charge in [-0.05, 0) is 24.5 Å². The number of carbonyl (C=O) groups excluding carboxylic acids is 1. The number of morpholine rings is 1. The van der Waals surface area contributed by atoms with Gasteiger partial charge in [-0.2, -0.15) is 0 Å². The van der Waals surface area contributed by atoms with Crippen molar-refractivity contribution in [2.75, 3.05) is 24.7 Å². The standard InChI is InChI=1S/C14H19NO3/c1-2-11-5-3-4-6-13(11)15-9-12(7-8-16)18-10-14(15)17/h3-6,12,16H,2,7-10H2,1H3. The van der Waals surface area contributed by atoms with Gasteiger partial charge in [0.15, 0.2) is 0 Å². The molecule has 1 N–H and O–H groups in total. The van der Waals surface area contributed by atoms with Crippen LogP contribution in [0.15, 0.2) is 24.3 Å². The molecule has 1 aromatic carbocycles. The molecule has 98 valence electrons. The molecule has 0 radical (unpaired) electrons. The molecule has 1 aromatic rings. The highest BCUT2D eigenvalue weighted by atomic mass is 16.5.